The second-order valence-corrected chi connectivity index (χ2v) is 9.81. The number of methoxy groups -OCH3 is 1. The molecule has 6 heterocycles. The minimum absolute atomic E-state index is 0. The lowest BCUT2D eigenvalue weighted by Gasteiger charge is -2.52. The molecule has 7 rings (SSSR count). The van der Waals surface area contributed by atoms with Crippen molar-refractivity contribution in [1.82, 2.24) is 20.3 Å². The van der Waals surface area contributed by atoms with E-state index in [1.165, 1.54) is 7.11 Å². The molecule has 38 heavy (non-hydrogen) atoms. The maximum absolute atomic E-state index is 14.8. The number of nitrogens with zero attached hydrogens (tertiary/aromatic N) is 3. The first kappa shape index (κ1) is 26.2. The second-order valence-electron chi connectivity index (χ2n) is 9.81. The molecular formula is C26H27ClFN5O5. The molecule has 3 aromatic heterocycles. The average Bonchev–Trinajstić information content (AvgIpc) is 2.94. The van der Waals surface area contributed by atoms with Gasteiger partial charge in [0.2, 0.25) is 5.88 Å². The number of fused-ring (bicyclic) bond motifs is 5. The maximum atomic E-state index is 14.8. The van der Waals surface area contributed by atoms with Gasteiger partial charge in [-0.25, -0.2) is 14.4 Å². The topological polar surface area (TPSA) is 125 Å². The lowest BCUT2D eigenvalue weighted by molar-refractivity contribution is -0.178. The number of hydrogen-bond acceptors (Lipinski definition) is 9. The molecule has 1 saturated carbocycles. The van der Waals surface area contributed by atoms with Gasteiger partial charge in [-0.1, -0.05) is 0 Å². The molecule has 12 heteroatoms. The number of ether oxygens (including phenoxy) is 3. The van der Waals surface area contributed by atoms with E-state index in [0.717, 1.165) is 24.7 Å². The molecule has 0 radical (unpaired) electrons. The Morgan fingerprint density at radius 1 is 1.18 bits per heavy atom. The number of halogens is 2. The summed E-state index contributed by atoms with van der Waals surface area (Å²) in [7, 11) is 1.48. The Labute approximate surface area is 224 Å². The highest BCUT2D eigenvalue weighted by Crippen LogP contribution is 2.45. The van der Waals surface area contributed by atoms with Crippen molar-refractivity contribution in [3.8, 4) is 11.6 Å². The van der Waals surface area contributed by atoms with E-state index >= 15 is 0 Å². The predicted octanol–water partition coefficient (Wildman–Crippen LogP) is 2.91. The minimum Gasteiger partial charge on any atom is -0.481 e. The van der Waals surface area contributed by atoms with Gasteiger partial charge in [-0.2, -0.15) is 0 Å². The monoisotopic (exact) mass is 543 g/mol. The van der Waals surface area contributed by atoms with Crippen LogP contribution in [0.5, 0.6) is 11.6 Å². The summed E-state index contributed by atoms with van der Waals surface area (Å²) in [6.45, 7) is 0.840. The number of amides is 1. The molecule has 2 saturated heterocycles. The van der Waals surface area contributed by atoms with Crippen molar-refractivity contribution in [2.75, 3.05) is 25.6 Å². The van der Waals surface area contributed by atoms with E-state index in [2.05, 4.69) is 25.6 Å². The Balaban J connectivity index is 0.00000294. The van der Waals surface area contributed by atoms with Crippen LogP contribution in [0.1, 0.15) is 36.9 Å². The zero-order valence-electron chi connectivity index (χ0n) is 20.7. The fraction of sp³-hybridized carbons (Fsp3) is 0.423. The van der Waals surface area contributed by atoms with Gasteiger partial charge in [-0.15, -0.1) is 12.4 Å². The number of pyridine rings is 3. The molecule has 10 nitrogen and oxygen atoms in total. The van der Waals surface area contributed by atoms with Crippen LogP contribution in [0.15, 0.2) is 30.5 Å². The Bertz CT molecular complexity index is 1400. The maximum Gasteiger partial charge on any atom is 0.263 e. The van der Waals surface area contributed by atoms with Crippen molar-refractivity contribution < 1.29 is 28.2 Å². The van der Waals surface area contributed by atoms with Gasteiger partial charge in [0.25, 0.3) is 5.91 Å². The van der Waals surface area contributed by atoms with Crippen LogP contribution in [0.25, 0.3) is 11.0 Å². The van der Waals surface area contributed by atoms with Crippen molar-refractivity contribution in [2.45, 2.75) is 49.8 Å². The van der Waals surface area contributed by atoms with E-state index in [4.69, 9.17) is 14.2 Å². The molecule has 0 atom stereocenters. The third-order valence-corrected chi connectivity index (χ3v) is 7.61. The number of carbonyl (C=O) groups excluding carboxylic acids is 2. The van der Waals surface area contributed by atoms with Gasteiger partial charge in [0.15, 0.2) is 24.0 Å². The predicted molar refractivity (Wildman–Crippen MR) is 137 cm³/mol. The quantitative estimate of drug-likeness (QED) is 0.462. The summed E-state index contributed by atoms with van der Waals surface area (Å²) in [4.78, 5) is 38.0. The van der Waals surface area contributed by atoms with Gasteiger partial charge in [0.1, 0.15) is 11.4 Å². The summed E-state index contributed by atoms with van der Waals surface area (Å²) < 4.78 is 31.5. The molecule has 200 valence electrons. The lowest BCUT2D eigenvalue weighted by atomic mass is 9.68. The molecule has 2 N–H and O–H groups in total. The first-order chi connectivity index (χ1) is 17.9. The van der Waals surface area contributed by atoms with Crippen LogP contribution in [-0.2, 0) is 27.3 Å². The van der Waals surface area contributed by atoms with E-state index in [1.54, 1.807) is 18.2 Å². The van der Waals surface area contributed by atoms with Gasteiger partial charge in [0.05, 0.1) is 36.6 Å². The lowest BCUT2D eigenvalue weighted by Crippen LogP contribution is -2.64. The molecule has 4 aliphatic rings. The number of ketones is 1. The smallest absolute Gasteiger partial charge is 0.263 e. The van der Waals surface area contributed by atoms with Gasteiger partial charge in [0, 0.05) is 30.1 Å². The third-order valence-electron chi connectivity index (χ3n) is 7.61. The summed E-state index contributed by atoms with van der Waals surface area (Å²) in [5.74, 6) is 0.355. The molecule has 0 unspecified atom stereocenters. The molecule has 1 amide bonds. The van der Waals surface area contributed by atoms with Crippen molar-refractivity contribution in [1.29, 1.82) is 0 Å². The Kier molecular flexibility index (Phi) is 6.93. The van der Waals surface area contributed by atoms with Crippen LogP contribution >= 0.6 is 12.4 Å². The van der Waals surface area contributed by atoms with E-state index in [1.807, 2.05) is 6.07 Å². The summed E-state index contributed by atoms with van der Waals surface area (Å²) in [6.07, 6.45) is 3.58. The fourth-order valence-corrected chi connectivity index (χ4v) is 5.35. The van der Waals surface area contributed by atoms with Crippen molar-refractivity contribution in [3.05, 3.63) is 47.5 Å². The number of anilines is 1. The Morgan fingerprint density at radius 3 is 2.74 bits per heavy atom. The number of rotatable bonds is 7. The highest BCUT2D eigenvalue weighted by molar-refractivity contribution is 5.94. The standard InChI is InChI=1S/C26H26FN5O5.ClH/c1-35-22-5-3-18-23(32-22)16(17(27)12-28-18)10-20(33)26-8-6-25(7-9-26,14-37-26)29-11-15-2-4-19-24(30-15)31-21(34)13-36-19;/h2-5,12,29H,6-11,13-14H2,1H3,(H,30,31,34);1H. The zero-order valence-corrected chi connectivity index (χ0v) is 21.5. The van der Waals surface area contributed by atoms with Crippen LogP contribution in [0.2, 0.25) is 0 Å². The van der Waals surface area contributed by atoms with Gasteiger partial charge in [-0.3, -0.25) is 14.6 Å². The zero-order chi connectivity index (χ0) is 25.6. The van der Waals surface area contributed by atoms with Crippen LogP contribution in [-0.4, -0.2) is 58.1 Å². The number of carbonyl (C=O) groups is 2. The second kappa shape index (κ2) is 10.0. The van der Waals surface area contributed by atoms with Crippen molar-refractivity contribution in [2.24, 2.45) is 0 Å². The summed E-state index contributed by atoms with van der Waals surface area (Å²) in [5, 5.41) is 6.29. The van der Waals surface area contributed by atoms with Crippen LogP contribution in [0.3, 0.4) is 0 Å². The van der Waals surface area contributed by atoms with E-state index in [0.29, 0.717) is 54.5 Å². The van der Waals surface area contributed by atoms with E-state index < -0.39 is 11.4 Å². The number of hydrogen-bond donors (Lipinski definition) is 2. The first-order valence-electron chi connectivity index (χ1n) is 12.2. The van der Waals surface area contributed by atoms with Crippen molar-refractivity contribution in [3.63, 3.8) is 0 Å². The molecule has 3 aromatic rings. The number of aromatic nitrogens is 3. The van der Waals surface area contributed by atoms with Crippen molar-refractivity contribution >= 4 is 40.9 Å². The largest absolute Gasteiger partial charge is 0.481 e. The van der Waals surface area contributed by atoms with Crippen LogP contribution in [0.4, 0.5) is 10.2 Å². The Hall–Kier alpha value is -3.41. The molecule has 3 fully saturated rings. The number of nitrogens with one attached hydrogen (secondary N) is 2. The van der Waals surface area contributed by atoms with Crippen LogP contribution in [0, 0.1) is 5.82 Å². The van der Waals surface area contributed by atoms with E-state index in [-0.39, 0.29) is 48.2 Å². The summed E-state index contributed by atoms with van der Waals surface area (Å²) in [6, 6.07) is 7.00. The molecule has 2 bridgehead atoms. The molecule has 0 aromatic carbocycles. The molecule has 1 aliphatic carbocycles. The van der Waals surface area contributed by atoms with Gasteiger partial charge < -0.3 is 24.8 Å². The highest BCUT2D eigenvalue weighted by atomic mass is 35.5. The van der Waals surface area contributed by atoms with Gasteiger partial charge >= 0.3 is 0 Å². The Morgan fingerprint density at radius 2 is 2.00 bits per heavy atom. The SMILES string of the molecule is COc1ccc2ncc(F)c(CC(=O)C34CCC(NCc5ccc6c(n5)NC(=O)CO6)(CC3)CO4)c2n1.Cl. The first-order valence-corrected chi connectivity index (χ1v) is 12.2. The molecular weight excluding hydrogens is 517 g/mol. The minimum atomic E-state index is -0.935. The third kappa shape index (κ3) is 4.65. The van der Waals surface area contributed by atoms with Crippen LogP contribution < -0.4 is 20.1 Å². The summed E-state index contributed by atoms with van der Waals surface area (Å²) in [5.41, 5.74) is 0.591. The number of Topliss-reactive ketones (excluding diaryl/α,β-unsaturated/α-hetero) is 1. The highest BCUT2D eigenvalue weighted by Gasteiger charge is 2.53. The summed E-state index contributed by atoms with van der Waals surface area (Å²) >= 11 is 0. The normalized spacial score (nSPS) is 23.7. The average molecular weight is 544 g/mol. The van der Waals surface area contributed by atoms with E-state index in [9.17, 15) is 14.0 Å². The molecule has 3 aliphatic heterocycles. The van der Waals surface area contributed by atoms with Gasteiger partial charge in [-0.05, 0) is 43.9 Å². The molecule has 0 spiro atoms. The fourth-order valence-electron chi connectivity index (χ4n) is 5.35.